The molecule has 3 heterocycles. The zero-order valence-electron chi connectivity index (χ0n) is 22.5. The minimum atomic E-state index is -0.862. The van der Waals surface area contributed by atoms with Crippen LogP contribution in [-0.2, 0) is 7.05 Å². The molecule has 0 radical (unpaired) electrons. The lowest BCUT2D eigenvalue weighted by atomic mass is 9.81. The molecule has 1 amide bonds. The van der Waals surface area contributed by atoms with Gasteiger partial charge in [0.2, 0.25) is 0 Å². The van der Waals surface area contributed by atoms with Crippen molar-refractivity contribution in [1.82, 2.24) is 25.3 Å². The van der Waals surface area contributed by atoms with Crippen molar-refractivity contribution in [2.75, 3.05) is 26.2 Å². The molecule has 0 bridgehead atoms. The highest BCUT2D eigenvalue weighted by molar-refractivity contribution is 6.33. The quantitative estimate of drug-likeness (QED) is 0.407. The first-order valence-electron chi connectivity index (χ1n) is 13.8. The van der Waals surface area contributed by atoms with Crippen LogP contribution >= 0.6 is 11.6 Å². The molecule has 1 aromatic heterocycles. The number of piperidine rings is 2. The fourth-order valence-electron chi connectivity index (χ4n) is 6.03. The summed E-state index contributed by atoms with van der Waals surface area (Å²) in [4.78, 5) is 15.9. The van der Waals surface area contributed by atoms with E-state index in [1.807, 2.05) is 26.1 Å². The number of hydrogen-bond donors (Lipinski definition) is 2. The van der Waals surface area contributed by atoms with Crippen LogP contribution in [0.2, 0.25) is 5.02 Å². The van der Waals surface area contributed by atoms with Gasteiger partial charge in [0, 0.05) is 42.7 Å². The molecule has 0 saturated carbocycles. The molecule has 2 aliphatic rings. The monoisotopic (exact) mass is 555 g/mol. The molecule has 1 unspecified atom stereocenters. The second kappa shape index (κ2) is 12.1. The van der Waals surface area contributed by atoms with E-state index in [4.69, 9.17) is 11.6 Å². The van der Waals surface area contributed by atoms with Crippen LogP contribution in [0.5, 0.6) is 0 Å². The molecule has 2 aromatic carbocycles. The highest BCUT2D eigenvalue weighted by Crippen LogP contribution is 2.32. The van der Waals surface area contributed by atoms with E-state index < -0.39 is 11.6 Å². The molecule has 39 heavy (non-hydrogen) atoms. The fourth-order valence-corrected chi connectivity index (χ4v) is 6.30. The molecule has 6 nitrogen and oxygen atoms in total. The van der Waals surface area contributed by atoms with Gasteiger partial charge in [-0.2, -0.15) is 5.10 Å². The number of amides is 1. The van der Waals surface area contributed by atoms with Gasteiger partial charge in [-0.15, -0.1) is 0 Å². The first kappa shape index (κ1) is 27.7. The van der Waals surface area contributed by atoms with E-state index in [0.29, 0.717) is 22.7 Å². The fraction of sp³-hybridized carbons (Fsp3) is 0.467. The van der Waals surface area contributed by atoms with Crippen LogP contribution in [0.3, 0.4) is 0 Å². The number of likely N-dealkylation sites (tertiary alicyclic amines) is 1. The Morgan fingerprint density at radius 3 is 2.62 bits per heavy atom. The SMILES string of the molecule is Cc1cc(C(=O)N[C@@H]2CNC(CCN3CCCCC3)C[C@H]2c2ccc(F)c(F)c2)ccc1-c1c(Cl)cnn1C. The van der Waals surface area contributed by atoms with Crippen molar-refractivity contribution in [3.8, 4) is 11.3 Å². The summed E-state index contributed by atoms with van der Waals surface area (Å²) in [6, 6.07) is 9.59. The highest BCUT2D eigenvalue weighted by atomic mass is 35.5. The number of hydrogen-bond acceptors (Lipinski definition) is 4. The molecule has 2 saturated heterocycles. The first-order chi connectivity index (χ1) is 18.8. The first-order valence-corrected chi connectivity index (χ1v) is 14.2. The molecule has 2 fully saturated rings. The topological polar surface area (TPSA) is 62.2 Å². The van der Waals surface area contributed by atoms with Gasteiger partial charge in [-0.3, -0.25) is 9.48 Å². The number of benzene rings is 2. The molecule has 9 heteroatoms. The lowest BCUT2D eigenvalue weighted by molar-refractivity contribution is 0.0917. The van der Waals surface area contributed by atoms with E-state index in [0.717, 1.165) is 49.3 Å². The van der Waals surface area contributed by atoms with Crippen molar-refractivity contribution in [3.05, 3.63) is 75.9 Å². The Morgan fingerprint density at radius 2 is 1.92 bits per heavy atom. The second-order valence-corrected chi connectivity index (χ2v) is 11.3. The molecule has 3 atom stereocenters. The van der Waals surface area contributed by atoms with Gasteiger partial charge < -0.3 is 15.5 Å². The molecule has 0 aliphatic carbocycles. The summed E-state index contributed by atoms with van der Waals surface area (Å²) in [7, 11) is 1.83. The number of nitrogens with one attached hydrogen (secondary N) is 2. The van der Waals surface area contributed by atoms with Gasteiger partial charge in [-0.25, -0.2) is 8.78 Å². The number of carbonyl (C=O) groups is 1. The maximum atomic E-state index is 14.2. The lowest BCUT2D eigenvalue weighted by Crippen LogP contribution is -2.54. The predicted octanol–water partition coefficient (Wildman–Crippen LogP) is 5.45. The van der Waals surface area contributed by atoms with E-state index in [1.54, 1.807) is 23.0 Å². The summed E-state index contributed by atoms with van der Waals surface area (Å²) in [5.74, 6) is -2.06. The molecule has 5 rings (SSSR count). The van der Waals surface area contributed by atoms with Gasteiger partial charge in [-0.05, 0) is 87.6 Å². The molecular weight excluding hydrogens is 520 g/mol. The molecule has 0 spiro atoms. The smallest absolute Gasteiger partial charge is 0.251 e. The Kier molecular flexibility index (Phi) is 8.64. The predicted molar refractivity (Wildman–Crippen MR) is 150 cm³/mol. The van der Waals surface area contributed by atoms with Crippen LogP contribution in [0.25, 0.3) is 11.3 Å². The Hall–Kier alpha value is -2.81. The number of carbonyl (C=O) groups excluding carboxylic acids is 1. The summed E-state index contributed by atoms with van der Waals surface area (Å²) >= 11 is 6.33. The Morgan fingerprint density at radius 1 is 1.13 bits per heavy atom. The van der Waals surface area contributed by atoms with E-state index in [-0.39, 0.29) is 23.9 Å². The molecule has 2 aliphatic heterocycles. The summed E-state index contributed by atoms with van der Waals surface area (Å²) in [6.45, 7) is 5.80. The van der Waals surface area contributed by atoms with Crippen molar-refractivity contribution in [2.45, 2.75) is 57.0 Å². The standard InChI is InChI=1S/C30H36ClF2N5O/c1-19-14-21(6-8-23(19)29-25(31)17-35-37(29)2)30(39)36-28-18-34-22(10-13-38-11-4-3-5-12-38)16-24(28)20-7-9-26(32)27(33)15-20/h6-9,14-15,17,22,24,28,34H,3-5,10-13,16,18H2,1-2H3,(H,36,39)/t22?,24-,28+/m0/s1. The van der Waals surface area contributed by atoms with E-state index in [2.05, 4.69) is 20.6 Å². The van der Waals surface area contributed by atoms with Crippen LogP contribution in [0.15, 0.2) is 42.6 Å². The number of nitrogens with zero attached hydrogens (tertiary/aromatic N) is 3. The van der Waals surface area contributed by atoms with E-state index >= 15 is 0 Å². The summed E-state index contributed by atoms with van der Waals surface area (Å²) in [5, 5.41) is 11.5. The highest BCUT2D eigenvalue weighted by Gasteiger charge is 2.33. The van der Waals surface area contributed by atoms with Crippen molar-refractivity contribution in [2.24, 2.45) is 7.05 Å². The minimum Gasteiger partial charge on any atom is -0.347 e. The van der Waals surface area contributed by atoms with Gasteiger partial charge in [0.1, 0.15) is 0 Å². The third-order valence-electron chi connectivity index (χ3n) is 8.22. The van der Waals surface area contributed by atoms with Crippen LogP contribution in [0.1, 0.15) is 59.5 Å². The zero-order chi connectivity index (χ0) is 27.5. The van der Waals surface area contributed by atoms with Crippen molar-refractivity contribution < 1.29 is 13.6 Å². The van der Waals surface area contributed by atoms with Gasteiger partial charge in [0.25, 0.3) is 5.91 Å². The minimum absolute atomic E-state index is 0.134. The Bertz CT molecular complexity index is 1300. The van der Waals surface area contributed by atoms with Crippen LogP contribution in [0, 0.1) is 18.6 Å². The van der Waals surface area contributed by atoms with Gasteiger partial charge in [0.15, 0.2) is 11.6 Å². The molecule has 3 aromatic rings. The number of aromatic nitrogens is 2. The molecular formula is C30H36ClF2N5O. The summed E-state index contributed by atoms with van der Waals surface area (Å²) < 4.78 is 29.7. The number of rotatable bonds is 7. The number of halogens is 3. The van der Waals surface area contributed by atoms with Crippen LogP contribution in [0.4, 0.5) is 8.78 Å². The number of aryl methyl sites for hydroxylation is 2. The maximum absolute atomic E-state index is 14.2. The van der Waals surface area contributed by atoms with Gasteiger partial charge in [-0.1, -0.05) is 30.2 Å². The van der Waals surface area contributed by atoms with Crippen molar-refractivity contribution in [3.63, 3.8) is 0 Å². The third kappa shape index (κ3) is 6.34. The van der Waals surface area contributed by atoms with Crippen molar-refractivity contribution >= 4 is 17.5 Å². The summed E-state index contributed by atoms with van der Waals surface area (Å²) in [5.41, 5.74) is 3.86. The van der Waals surface area contributed by atoms with Crippen molar-refractivity contribution in [1.29, 1.82) is 0 Å². The third-order valence-corrected chi connectivity index (χ3v) is 8.50. The average molecular weight is 556 g/mol. The Labute approximate surface area is 233 Å². The lowest BCUT2D eigenvalue weighted by Gasteiger charge is -2.39. The van der Waals surface area contributed by atoms with E-state index in [9.17, 15) is 13.6 Å². The largest absolute Gasteiger partial charge is 0.347 e. The van der Waals surface area contributed by atoms with Gasteiger partial charge >= 0.3 is 0 Å². The van der Waals surface area contributed by atoms with Gasteiger partial charge in [0.05, 0.1) is 16.9 Å². The molecule has 208 valence electrons. The van der Waals surface area contributed by atoms with Crippen LogP contribution < -0.4 is 10.6 Å². The van der Waals surface area contributed by atoms with E-state index in [1.165, 1.54) is 31.4 Å². The zero-order valence-corrected chi connectivity index (χ0v) is 23.3. The maximum Gasteiger partial charge on any atom is 0.251 e. The normalized spacial score (nSPS) is 22.1. The molecule has 2 N–H and O–H groups in total. The van der Waals surface area contributed by atoms with Crippen LogP contribution in [-0.4, -0.2) is 58.9 Å². The average Bonchev–Trinajstić information content (AvgIpc) is 3.27. The summed E-state index contributed by atoms with van der Waals surface area (Å²) in [6.07, 6.45) is 7.12. The second-order valence-electron chi connectivity index (χ2n) is 10.9. The Balaban J connectivity index is 1.31.